The van der Waals surface area contributed by atoms with Gasteiger partial charge >= 0.3 is 0 Å². The second-order valence-electron chi connectivity index (χ2n) is 9.92. The van der Waals surface area contributed by atoms with Crippen LogP contribution in [-0.4, -0.2) is 4.57 Å². The molecule has 0 aliphatic heterocycles. The Morgan fingerprint density at radius 1 is 0.462 bits per heavy atom. The van der Waals surface area contributed by atoms with Crippen LogP contribution in [0, 0.1) is 0 Å². The first-order valence-corrected chi connectivity index (χ1v) is 13.8. The summed E-state index contributed by atoms with van der Waals surface area (Å²) in [5.74, 6) is 0. The number of para-hydroxylation sites is 3. The summed E-state index contributed by atoms with van der Waals surface area (Å²) in [4.78, 5) is 0. The van der Waals surface area contributed by atoms with E-state index >= 15 is 0 Å². The lowest BCUT2D eigenvalue weighted by Crippen LogP contribution is -1.94. The van der Waals surface area contributed by atoms with Crippen LogP contribution in [0.15, 0.2) is 142 Å². The summed E-state index contributed by atoms with van der Waals surface area (Å²) in [6.45, 7) is 0. The van der Waals surface area contributed by atoms with Crippen molar-refractivity contribution in [1.82, 2.24) is 4.57 Å². The number of benzene rings is 6. The Labute approximate surface area is 233 Å². The van der Waals surface area contributed by atoms with Gasteiger partial charge in [-0.1, -0.05) is 107 Å². The molecular weight excluding hydrogens is 542 g/mol. The molecule has 2 heterocycles. The number of aromatic nitrogens is 1. The van der Waals surface area contributed by atoms with Crippen molar-refractivity contribution in [1.29, 1.82) is 0 Å². The molecule has 6 aromatic carbocycles. The lowest BCUT2D eigenvalue weighted by Gasteiger charge is -2.10. The average molecular weight is 564 g/mol. The Kier molecular flexibility index (Phi) is 5.01. The van der Waals surface area contributed by atoms with Gasteiger partial charge in [0.25, 0.3) is 0 Å². The minimum Gasteiger partial charge on any atom is -0.454 e. The molecule has 2 nitrogen and oxygen atoms in total. The van der Waals surface area contributed by atoms with Gasteiger partial charge in [0.15, 0.2) is 5.58 Å². The first kappa shape index (κ1) is 22.4. The maximum atomic E-state index is 6.47. The van der Waals surface area contributed by atoms with Gasteiger partial charge in [0.05, 0.1) is 16.7 Å². The van der Waals surface area contributed by atoms with Gasteiger partial charge < -0.3 is 8.98 Å². The highest BCUT2D eigenvalue weighted by Crippen LogP contribution is 2.39. The summed E-state index contributed by atoms with van der Waals surface area (Å²) in [5, 5.41) is 4.73. The molecule has 0 fully saturated rings. The number of nitrogens with zero attached hydrogens (tertiary/aromatic N) is 1. The monoisotopic (exact) mass is 563 g/mol. The molecule has 2 aromatic heterocycles. The fourth-order valence-corrected chi connectivity index (χ4v) is 6.10. The Hall–Kier alpha value is -4.60. The van der Waals surface area contributed by atoms with Crippen LogP contribution < -0.4 is 0 Å². The lowest BCUT2D eigenvalue weighted by molar-refractivity contribution is 0.666. The SMILES string of the molecule is Brc1ccc(-c2cccc(-c3ccc4c5ccccc5n(-c5cccc6c5oc5ccccc56)c4c3)c2)cc1. The molecular formula is C36H22BrNO. The molecule has 0 aliphatic rings. The van der Waals surface area contributed by atoms with E-state index in [0.29, 0.717) is 0 Å². The molecule has 0 unspecified atom stereocenters. The molecule has 0 amide bonds. The van der Waals surface area contributed by atoms with Gasteiger partial charge in [-0.2, -0.15) is 0 Å². The lowest BCUT2D eigenvalue weighted by atomic mass is 9.98. The summed E-state index contributed by atoms with van der Waals surface area (Å²) >= 11 is 3.55. The zero-order chi connectivity index (χ0) is 25.9. The van der Waals surface area contributed by atoms with Crippen LogP contribution in [0.4, 0.5) is 0 Å². The Bertz CT molecular complexity index is 2180. The smallest absolute Gasteiger partial charge is 0.159 e. The zero-order valence-electron chi connectivity index (χ0n) is 20.9. The Morgan fingerprint density at radius 3 is 1.97 bits per heavy atom. The summed E-state index contributed by atoms with van der Waals surface area (Å²) in [6, 6.07) is 47.4. The van der Waals surface area contributed by atoms with E-state index in [1.807, 2.05) is 12.1 Å². The van der Waals surface area contributed by atoms with E-state index in [4.69, 9.17) is 4.42 Å². The normalized spacial score (nSPS) is 11.7. The van der Waals surface area contributed by atoms with Crippen molar-refractivity contribution in [3.63, 3.8) is 0 Å². The van der Waals surface area contributed by atoms with Crippen molar-refractivity contribution in [3.8, 4) is 27.9 Å². The van der Waals surface area contributed by atoms with E-state index in [1.165, 1.54) is 38.5 Å². The van der Waals surface area contributed by atoms with E-state index < -0.39 is 0 Å². The molecule has 0 saturated carbocycles. The van der Waals surface area contributed by atoms with Crippen molar-refractivity contribution in [2.75, 3.05) is 0 Å². The third-order valence-electron chi connectivity index (χ3n) is 7.67. The summed E-state index contributed by atoms with van der Waals surface area (Å²) in [7, 11) is 0. The van der Waals surface area contributed by atoms with Crippen molar-refractivity contribution in [2.45, 2.75) is 0 Å². The van der Waals surface area contributed by atoms with E-state index in [1.54, 1.807) is 0 Å². The van der Waals surface area contributed by atoms with Gasteiger partial charge in [0.1, 0.15) is 5.58 Å². The first-order valence-electron chi connectivity index (χ1n) is 13.0. The van der Waals surface area contributed by atoms with Crippen LogP contribution in [-0.2, 0) is 0 Å². The first-order chi connectivity index (χ1) is 19.2. The van der Waals surface area contributed by atoms with Crippen molar-refractivity contribution in [3.05, 3.63) is 138 Å². The molecule has 0 saturated heterocycles. The van der Waals surface area contributed by atoms with Gasteiger partial charge in [-0.3, -0.25) is 0 Å². The molecule has 0 atom stereocenters. The van der Waals surface area contributed by atoms with Gasteiger partial charge in [0.2, 0.25) is 0 Å². The van der Waals surface area contributed by atoms with Gasteiger partial charge in [-0.15, -0.1) is 0 Å². The molecule has 3 heteroatoms. The molecule has 39 heavy (non-hydrogen) atoms. The Morgan fingerprint density at radius 2 is 1.10 bits per heavy atom. The standard InChI is InChI=1S/C36H22BrNO/c37-27-18-15-23(16-19-27)24-7-5-8-25(21-24)26-17-20-29-28-9-1-3-12-32(28)38(34(29)22-26)33-13-6-11-31-30-10-2-4-14-35(30)39-36(31)33/h1-22H. The van der Waals surface area contributed by atoms with Gasteiger partial charge in [-0.25, -0.2) is 0 Å². The summed E-state index contributed by atoms with van der Waals surface area (Å²) < 4.78 is 9.91. The highest BCUT2D eigenvalue weighted by Gasteiger charge is 2.18. The minimum absolute atomic E-state index is 0.906. The molecule has 8 aromatic rings. The van der Waals surface area contributed by atoms with Crippen molar-refractivity contribution in [2.24, 2.45) is 0 Å². The number of hydrogen-bond acceptors (Lipinski definition) is 1. The zero-order valence-corrected chi connectivity index (χ0v) is 22.5. The molecule has 0 bridgehead atoms. The van der Waals surface area contributed by atoms with E-state index in [2.05, 4.69) is 142 Å². The average Bonchev–Trinajstić information content (AvgIpc) is 3.53. The van der Waals surface area contributed by atoms with Gasteiger partial charge in [-0.05, 0) is 64.7 Å². The van der Waals surface area contributed by atoms with Crippen molar-refractivity contribution >= 4 is 59.7 Å². The molecule has 8 rings (SSSR count). The minimum atomic E-state index is 0.906. The van der Waals surface area contributed by atoms with Crippen molar-refractivity contribution < 1.29 is 4.42 Å². The molecule has 0 radical (unpaired) electrons. The highest BCUT2D eigenvalue weighted by molar-refractivity contribution is 9.10. The fraction of sp³-hybridized carbons (Fsp3) is 0. The van der Waals surface area contributed by atoms with E-state index in [0.717, 1.165) is 37.6 Å². The van der Waals surface area contributed by atoms with Gasteiger partial charge in [0, 0.05) is 26.0 Å². The Balaban J connectivity index is 1.38. The van der Waals surface area contributed by atoms with Crippen LogP contribution in [0.1, 0.15) is 0 Å². The third kappa shape index (κ3) is 3.54. The van der Waals surface area contributed by atoms with Crippen LogP contribution >= 0.6 is 15.9 Å². The molecule has 0 N–H and O–H groups in total. The quantitative estimate of drug-likeness (QED) is 0.209. The maximum Gasteiger partial charge on any atom is 0.159 e. The largest absolute Gasteiger partial charge is 0.454 e. The molecule has 0 spiro atoms. The van der Waals surface area contributed by atoms with Crippen LogP contribution in [0.2, 0.25) is 0 Å². The topological polar surface area (TPSA) is 18.1 Å². The predicted octanol–water partition coefficient (Wildman–Crippen LogP) is 10.8. The van der Waals surface area contributed by atoms with Crippen LogP contribution in [0.5, 0.6) is 0 Å². The van der Waals surface area contributed by atoms with E-state index in [-0.39, 0.29) is 0 Å². The second kappa shape index (κ2) is 8.72. The number of hydrogen-bond donors (Lipinski definition) is 0. The highest BCUT2D eigenvalue weighted by atomic mass is 79.9. The number of furan rings is 1. The van der Waals surface area contributed by atoms with E-state index in [9.17, 15) is 0 Å². The molecule has 0 aliphatic carbocycles. The summed E-state index contributed by atoms with van der Waals surface area (Å²) in [5.41, 5.74) is 9.97. The van der Waals surface area contributed by atoms with Crippen LogP contribution in [0.3, 0.4) is 0 Å². The predicted molar refractivity (Wildman–Crippen MR) is 167 cm³/mol. The second-order valence-corrected chi connectivity index (χ2v) is 10.8. The molecule has 184 valence electrons. The third-order valence-corrected chi connectivity index (χ3v) is 8.20. The maximum absolute atomic E-state index is 6.47. The summed E-state index contributed by atoms with van der Waals surface area (Å²) in [6.07, 6.45) is 0. The number of rotatable bonds is 3. The van der Waals surface area contributed by atoms with Crippen LogP contribution in [0.25, 0.3) is 71.7 Å². The number of halogens is 1. The fourth-order valence-electron chi connectivity index (χ4n) is 5.84. The number of fused-ring (bicyclic) bond motifs is 6.